The van der Waals surface area contributed by atoms with Gasteiger partial charge in [0.1, 0.15) is 11.5 Å². The van der Waals surface area contributed by atoms with Crippen molar-refractivity contribution in [1.29, 1.82) is 5.26 Å². The molecule has 0 aliphatic rings. The first-order valence-corrected chi connectivity index (χ1v) is 7.62. The number of hydrogen-bond donors (Lipinski definition) is 0. The molecule has 0 saturated carbocycles. The number of hydrogen-bond acceptors (Lipinski definition) is 4. The highest BCUT2D eigenvalue weighted by molar-refractivity contribution is 5.85. The second kappa shape index (κ2) is 8.60. The van der Waals surface area contributed by atoms with E-state index in [2.05, 4.69) is 18.0 Å². The average molecular weight is 308 g/mol. The van der Waals surface area contributed by atoms with Crippen molar-refractivity contribution in [1.82, 2.24) is 0 Å². The fraction of sp³-hybridized carbons (Fsp3) is 0.263. The summed E-state index contributed by atoms with van der Waals surface area (Å²) in [4.78, 5) is 4.44. The van der Waals surface area contributed by atoms with Crippen LogP contribution in [0.3, 0.4) is 0 Å². The van der Waals surface area contributed by atoms with E-state index >= 15 is 0 Å². The molecule has 0 bridgehead atoms. The fourth-order valence-corrected chi connectivity index (χ4v) is 1.97. The summed E-state index contributed by atoms with van der Waals surface area (Å²) in [5.41, 5.74) is 2.31. The third kappa shape index (κ3) is 4.86. The van der Waals surface area contributed by atoms with Crippen molar-refractivity contribution in [2.75, 3.05) is 13.7 Å². The fourth-order valence-electron chi connectivity index (χ4n) is 1.97. The summed E-state index contributed by atoms with van der Waals surface area (Å²) in [5.74, 6) is 1.52. The van der Waals surface area contributed by atoms with Crippen LogP contribution in [0.1, 0.15) is 30.9 Å². The lowest BCUT2D eigenvalue weighted by Crippen LogP contribution is -2.00. The molecule has 2 rings (SSSR count). The molecule has 0 N–H and O–H groups in total. The predicted molar refractivity (Wildman–Crippen MR) is 91.8 cm³/mol. The minimum Gasteiger partial charge on any atom is -0.497 e. The molecule has 4 heteroatoms. The number of nitrogens with zero attached hydrogens (tertiary/aromatic N) is 2. The van der Waals surface area contributed by atoms with Gasteiger partial charge in [-0.1, -0.05) is 13.3 Å². The lowest BCUT2D eigenvalue weighted by Gasteiger charge is -2.10. The van der Waals surface area contributed by atoms with Crippen molar-refractivity contribution in [3.8, 4) is 17.6 Å². The zero-order valence-corrected chi connectivity index (χ0v) is 13.5. The van der Waals surface area contributed by atoms with Gasteiger partial charge < -0.3 is 9.47 Å². The summed E-state index contributed by atoms with van der Waals surface area (Å²) in [6.45, 7) is 2.80. The van der Waals surface area contributed by atoms with Gasteiger partial charge in [-0.2, -0.15) is 5.26 Å². The molecular formula is C19H20N2O2. The molecule has 0 heterocycles. The van der Waals surface area contributed by atoms with Crippen LogP contribution in [0.2, 0.25) is 0 Å². The summed E-state index contributed by atoms with van der Waals surface area (Å²) in [5, 5.41) is 8.81. The third-order valence-electron chi connectivity index (χ3n) is 3.33. The lowest BCUT2D eigenvalue weighted by molar-refractivity contribution is 0.306. The molecule has 0 fully saturated rings. The minimum atomic E-state index is 0.622. The molecule has 118 valence electrons. The summed E-state index contributed by atoms with van der Waals surface area (Å²) in [6, 6.07) is 14.9. The van der Waals surface area contributed by atoms with Crippen molar-refractivity contribution >= 4 is 11.9 Å². The Morgan fingerprint density at radius 2 is 1.96 bits per heavy atom. The molecule has 0 aliphatic heterocycles. The topological polar surface area (TPSA) is 54.6 Å². The molecular weight excluding hydrogens is 288 g/mol. The Morgan fingerprint density at radius 1 is 1.17 bits per heavy atom. The number of unbranched alkanes of at least 4 members (excludes halogenated alkanes) is 1. The highest BCUT2D eigenvalue weighted by atomic mass is 16.5. The number of ether oxygens (including phenoxy) is 2. The summed E-state index contributed by atoms with van der Waals surface area (Å²) >= 11 is 0. The molecule has 0 aliphatic carbocycles. The Kier molecular flexibility index (Phi) is 6.19. The second-order valence-corrected chi connectivity index (χ2v) is 5.02. The first-order chi connectivity index (χ1) is 11.3. The van der Waals surface area contributed by atoms with Gasteiger partial charge in [0.05, 0.1) is 31.0 Å². The Hall–Kier alpha value is -2.80. The molecule has 0 atom stereocenters. The van der Waals surface area contributed by atoms with E-state index in [4.69, 9.17) is 14.7 Å². The van der Waals surface area contributed by atoms with E-state index < -0.39 is 0 Å². The molecule has 0 radical (unpaired) electrons. The quantitative estimate of drug-likeness (QED) is 0.559. The van der Waals surface area contributed by atoms with Crippen LogP contribution in [0.25, 0.3) is 0 Å². The van der Waals surface area contributed by atoms with Crippen molar-refractivity contribution in [3.63, 3.8) is 0 Å². The van der Waals surface area contributed by atoms with Crippen molar-refractivity contribution in [2.45, 2.75) is 19.8 Å². The smallest absolute Gasteiger partial charge is 0.131 e. The third-order valence-corrected chi connectivity index (χ3v) is 3.33. The minimum absolute atomic E-state index is 0.622. The number of aliphatic imine (C=N–C) groups is 1. The molecule has 2 aromatic carbocycles. The van der Waals surface area contributed by atoms with Gasteiger partial charge in [-0.3, -0.25) is 4.99 Å². The van der Waals surface area contributed by atoms with Crippen molar-refractivity contribution < 1.29 is 9.47 Å². The Bertz CT molecular complexity index is 700. The van der Waals surface area contributed by atoms with E-state index in [1.165, 1.54) is 0 Å². The van der Waals surface area contributed by atoms with E-state index in [0.717, 1.165) is 35.6 Å². The van der Waals surface area contributed by atoms with Crippen LogP contribution in [0.15, 0.2) is 47.5 Å². The monoisotopic (exact) mass is 308 g/mol. The SMILES string of the molecule is CCCCOc1cc(OC)ccc1C=Nc1ccc(C#N)cc1. The Morgan fingerprint density at radius 3 is 2.61 bits per heavy atom. The molecule has 2 aromatic rings. The van der Waals surface area contributed by atoms with Gasteiger partial charge in [-0.05, 0) is 42.8 Å². The summed E-state index contributed by atoms with van der Waals surface area (Å²) < 4.78 is 11.1. The number of nitriles is 1. The maximum Gasteiger partial charge on any atom is 0.131 e. The van der Waals surface area contributed by atoms with Crippen LogP contribution in [0.4, 0.5) is 5.69 Å². The van der Waals surface area contributed by atoms with E-state index in [1.807, 2.05) is 30.3 Å². The summed E-state index contributed by atoms with van der Waals surface area (Å²) in [6.07, 6.45) is 3.85. The van der Waals surface area contributed by atoms with Crippen LogP contribution in [0.5, 0.6) is 11.5 Å². The standard InChI is InChI=1S/C19H20N2O2/c1-3-4-11-23-19-12-18(22-2)10-7-16(19)14-21-17-8-5-15(13-20)6-9-17/h5-10,12,14H,3-4,11H2,1-2H3. The highest BCUT2D eigenvalue weighted by Gasteiger charge is 2.04. The molecule has 23 heavy (non-hydrogen) atoms. The van der Waals surface area contributed by atoms with Gasteiger partial charge in [-0.25, -0.2) is 0 Å². The van der Waals surface area contributed by atoms with E-state index in [-0.39, 0.29) is 0 Å². The van der Waals surface area contributed by atoms with Crippen LogP contribution in [-0.2, 0) is 0 Å². The van der Waals surface area contributed by atoms with E-state index in [9.17, 15) is 0 Å². The predicted octanol–water partition coefficient (Wildman–Crippen LogP) is 4.50. The van der Waals surface area contributed by atoms with Crippen molar-refractivity contribution in [2.24, 2.45) is 4.99 Å². The van der Waals surface area contributed by atoms with Crippen LogP contribution in [0, 0.1) is 11.3 Å². The first kappa shape index (κ1) is 16.6. The van der Waals surface area contributed by atoms with E-state index in [1.54, 1.807) is 25.5 Å². The van der Waals surface area contributed by atoms with Gasteiger partial charge in [-0.15, -0.1) is 0 Å². The van der Waals surface area contributed by atoms with Gasteiger partial charge in [0, 0.05) is 17.8 Å². The molecule has 0 unspecified atom stereocenters. The van der Waals surface area contributed by atoms with Crippen molar-refractivity contribution in [3.05, 3.63) is 53.6 Å². The lowest BCUT2D eigenvalue weighted by atomic mass is 10.2. The Labute approximate surface area is 137 Å². The molecule has 0 saturated heterocycles. The van der Waals surface area contributed by atoms with Crippen LogP contribution in [-0.4, -0.2) is 19.9 Å². The number of benzene rings is 2. The first-order valence-electron chi connectivity index (χ1n) is 7.62. The average Bonchev–Trinajstić information content (AvgIpc) is 2.61. The van der Waals surface area contributed by atoms with Gasteiger partial charge in [0.2, 0.25) is 0 Å². The molecule has 0 aromatic heterocycles. The van der Waals surface area contributed by atoms with Gasteiger partial charge in [0.15, 0.2) is 0 Å². The van der Waals surface area contributed by atoms with Gasteiger partial charge >= 0.3 is 0 Å². The second-order valence-electron chi connectivity index (χ2n) is 5.02. The number of rotatable bonds is 7. The maximum atomic E-state index is 8.81. The molecule has 0 amide bonds. The highest BCUT2D eigenvalue weighted by Crippen LogP contribution is 2.24. The van der Waals surface area contributed by atoms with Crippen LogP contribution >= 0.6 is 0 Å². The van der Waals surface area contributed by atoms with E-state index in [0.29, 0.717) is 12.2 Å². The number of methoxy groups -OCH3 is 1. The Balaban J connectivity index is 2.19. The molecule has 4 nitrogen and oxygen atoms in total. The molecule has 0 spiro atoms. The largest absolute Gasteiger partial charge is 0.497 e. The zero-order chi connectivity index (χ0) is 16.5. The van der Waals surface area contributed by atoms with Gasteiger partial charge in [0.25, 0.3) is 0 Å². The maximum absolute atomic E-state index is 8.81. The zero-order valence-electron chi connectivity index (χ0n) is 13.5. The van der Waals surface area contributed by atoms with Crippen LogP contribution < -0.4 is 9.47 Å². The summed E-state index contributed by atoms with van der Waals surface area (Å²) in [7, 11) is 1.63. The normalized spacial score (nSPS) is 10.5.